The second kappa shape index (κ2) is 9.57. The van der Waals surface area contributed by atoms with Gasteiger partial charge in [-0.3, -0.25) is 4.79 Å². The molecule has 2 aromatic carbocycles. The Hall–Kier alpha value is -3.15. The van der Waals surface area contributed by atoms with Gasteiger partial charge in [0.05, 0.1) is 13.0 Å². The third kappa shape index (κ3) is 5.06. The van der Waals surface area contributed by atoms with Crippen LogP contribution in [-0.2, 0) is 17.6 Å². The highest BCUT2D eigenvalue weighted by Crippen LogP contribution is 2.23. The van der Waals surface area contributed by atoms with Crippen LogP contribution in [0.2, 0.25) is 0 Å². The molecule has 156 valence electrons. The first-order valence-corrected chi connectivity index (χ1v) is 10.6. The molecule has 0 bridgehead atoms. The van der Waals surface area contributed by atoms with Crippen LogP contribution in [0, 0.1) is 5.92 Å². The average molecular weight is 405 g/mol. The number of likely N-dealkylation sites (tertiary alicyclic amines) is 1. The van der Waals surface area contributed by atoms with Crippen molar-refractivity contribution in [3.63, 3.8) is 0 Å². The Kier molecular flexibility index (Phi) is 6.42. The maximum absolute atomic E-state index is 12.7. The van der Waals surface area contributed by atoms with Gasteiger partial charge in [0.15, 0.2) is 0 Å². The molecule has 0 spiro atoms. The van der Waals surface area contributed by atoms with Gasteiger partial charge in [-0.25, -0.2) is 0 Å². The maximum Gasteiger partial charge on any atom is 0.227 e. The lowest BCUT2D eigenvalue weighted by molar-refractivity contribution is -0.131. The summed E-state index contributed by atoms with van der Waals surface area (Å²) in [5.41, 5.74) is 1.98. The predicted octanol–water partition coefficient (Wildman–Crippen LogP) is 4.16. The standard InChI is InChI=1S/C24H27N3O3/c1-2-29-21-10-8-18(9-11-21)17-23(28)27-14-12-19(13-15-27)16-22-25-24(26-30-22)20-6-4-3-5-7-20/h3-11,19H,2,12-17H2,1H3. The van der Waals surface area contributed by atoms with Crippen LogP contribution in [0.1, 0.15) is 31.2 Å². The first kappa shape index (κ1) is 20.1. The highest BCUT2D eigenvalue weighted by molar-refractivity contribution is 5.78. The quantitative estimate of drug-likeness (QED) is 0.590. The summed E-state index contributed by atoms with van der Waals surface area (Å²) in [6.07, 6.45) is 3.11. The third-order valence-electron chi connectivity index (χ3n) is 5.52. The third-order valence-corrected chi connectivity index (χ3v) is 5.52. The zero-order valence-corrected chi connectivity index (χ0v) is 17.3. The normalized spacial score (nSPS) is 14.6. The zero-order valence-electron chi connectivity index (χ0n) is 17.3. The molecule has 3 aromatic rings. The maximum atomic E-state index is 12.7. The second-order valence-corrected chi connectivity index (χ2v) is 7.66. The predicted molar refractivity (Wildman–Crippen MR) is 114 cm³/mol. The largest absolute Gasteiger partial charge is 0.494 e. The van der Waals surface area contributed by atoms with E-state index in [1.54, 1.807) is 0 Å². The number of aromatic nitrogens is 2. The van der Waals surface area contributed by atoms with Gasteiger partial charge < -0.3 is 14.2 Å². The molecule has 6 heteroatoms. The summed E-state index contributed by atoms with van der Waals surface area (Å²) in [5, 5.41) is 4.10. The van der Waals surface area contributed by atoms with Crippen LogP contribution < -0.4 is 4.74 Å². The van der Waals surface area contributed by atoms with Crippen molar-refractivity contribution < 1.29 is 14.1 Å². The fourth-order valence-corrected chi connectivity index (χ4v) is 3.83. The number of ether oxygens (including phenoxy) is 1. The summed E-state index contributed by atoms with van der Waals surface area (Å²) in [5.74, 6) is 2.79. The van der Waals surface area contributed by atoms with Gasteiger partial charge in [-0.15, -0.1) is 0 Å². The summed E-state index contributed by atoms with van der Waals surface area (Å²) in [6.45, 7) is 4.16. The molecule has 30 heavy (non-hydrogen) atoms. The van der Waals surface area contributed by atoms with E-state index in [1.807, 2.05) is 66.4 Å². The van der Waals surface area contributed by atoms with Crippen LogP contribution >= 0.6 is 0 Å². The molecule has 0 saturated carbocycles. The SMILES string of the molecule is CCOc1ccc(CC(=O)N2CCC(Cc3nc(-c4ccccc4)no3)CC2)cc1. The van der Waals surface area contributed by atoms with Crippen molar-refractivity contribution in [1.82, 2.24) is 15.0 Å². The van der Waals surface area contributed by atoms with Gasteiger partial charge in [-0.05, 0) is 43.4 Å². The lowest BCUT2D eigenvalue weighted by Crippen LogP contribution is -2.39. The van der Waals surface area contributed by atoms with E-state index in [9.17, 15) is 4.79 Å². The van der Waals surface area contributed by atoms with Crippen LogP contribution in [0.3, 0.4) is 0 Å². The van der Waals surface area contributed by atoms with Gasteiger partial charge in [0, 0.05) is 25.1 Å². The molecular formula is C24H27N3O3. The molecule has 1 saturated heterocycles. The Morgan fingerprint density at radius 1 is 1.10 bits per heavy atom. The number of rotatable bonds is 7. The number of nitrogens with zero attached hydrogens (tertiary/aromatic N) is 3. The van der Waals surface area contributed by atoms with Crippen molar-refractivity contribution in [1.29, 1.82) is 0 Å². The van der Waals surface area contributed by atoms with Crippen LogP contribution in [-0.4, -0.2) is 40.6 Å². The highest BCUT2D eigenvalue weighted by Gasteiger charge is 2.24. The summed E-state index contributed by atoms with van der Waals surface area (Å²) in [6, 6.07) is 17.6. The molecule has 0 N–H and O–H groups in total. The van der Waals surface area contributed by atoms with Gasteiger partial charge in [0.1, 0.15) is 5.75 Å². The fraction of sp³-hybridized carbons (Fsp3) is 0.375. The number of hydrogen-bond acceptors (Lipinski definition) is 5. The van der Waals surface area contributed by atoms with E-state index in [4.69, 9.17) is 9.26 Å². The van der Waals surface area contributed by atoms with Crippen molar-refractivity contribution in [2.24, 2.45) is 5.92 Å². The monoisotopic (exact) mass is 405 g/mol. The van der Waals surface area contributed by atoms with Gasteiger partial charge in [0.25, 0.3) is 0 Å². The smallest absolute Gasteiger partial charge is 0.227 e. The topological polar surface area (TPSA) is 68.5 Å². The molecule has 0 atom stereocenters. The number of piperidine rings is 1. The van der Waals surface area contributed by atoms with Crippen LogP contribution in [0.5, 0.6) is 5.75 Å². The number of amides is 1. The van der Waals surface area contributed by atoms with Crippen LogP contribution in [0.15, 0.2) is 59.1 Å². The first-order chi connectivity index (χ1) is 14.7. The van der Waals surface area contributed by atoms with Gasteiger partial charge >= 0.3 is 0 Å². The second-order valence-electron chi connectivity index (χ2n) is 7.66. The molecule has 1 aliphatic heterocycles. The lowest BCUT2D eigenvalue weighted by atomic mass is 9.93. The van der Waals surface area contributed by atoms with E-state index in [1.165, 1.54) is 0 Å². The minimum Gasteiger partial charge on any atom is -0.494 e. The molecule has 0 aliphatic carbocycles. The molecule has 1 amide bonds. The molecule has 4 rings (SSSR count). The van der Waals surface area contributed by atoms with E-state index in [0.29, 0.717) is 30.7 Å². The minimum absolute atomic E-state index is 0.182. The molecule has 1 aromatic heterocycles. The molecule has 6 nitrogen and oxygen atoms in total. The molecule has 0 unspecified atom stereocenters. The molecule has 1 aliphatic rings. The Morgan fingerprint density at radius 2 is 1.83 bits per heavy atom. The van der Waals surface area contributed by atoms with E-state index in [-0.39, 0.29) is 5.91 Å². The number of hydrogen-bond donors (Lipinski definition) is 0. The molecule has 0 radical (unpaired) electrons. The van der Waals surface area contributed by atoms with Crippen LogP contribution in [0.25, 0.3) is 11.4 Å². The highest BCUT2D eigenvalue weighted by atomic mass is 16.5. The van der Waals surface area contributed by atoms with Crippen molar-refractivity contribution >= 4 is 5.91 Å². The van der Waals surface area contributed by atoms with Crippen molar-refractivity contribution in [3.8, 4) is 17.1 Å². The molecule has 2 heterocycles. The number of carbonyl (C=O) groups is 1. The fourth-order valence-electron chi connectivity index (χ4n) is 3.83. The van der Waals surface area contributed by atoms with Gasteiger partial charge in [-0.1, -0.05) is 47.6 Å². The summed E-state index contributed by atoms with van der Waals surface area (Å²) < 4.78 is 10.9. The molecule has 1 fully saturated rings. The van der Waals surface area contributed by atoms with Gasteiger partial charge in [-0.2, -0.15) is 4.98 Å². The lowest BCUT2D eigenvalue weighted by Gasteiger charge is -2.31. The summed E-state index contributed by atoms with van der Waals surface area (Å²) >= 11 is 0. The average Bonchev–Trinajstić information content (AvgIpc) is 3.25. The van der Waals surface area contributed by atoms with Crippen LogP contribution in [0.4, 0.5) is 0 Å². The summed E-state index contributed by atoms with van der Waals surface area (Å²) in [7, 11) is 0. The van der Waals surface area contributed by atoms with Crippen molar-refractivity contribution in [2.45, 2.75) is 32.6 Å². The van der Waals surface area contributed by atoms with E-state index >= 15 is 0 Å². The van der Waals surface area contributed by atoms with Crippen molar-refractivity contribution in [3.05, 3.63) is 66.1 Å². The number of benzene rings is 2. The summed E-state index contributed by atoms with van der Waals surface area (Å²) in [4.78, 5) is 19.2. The number of carbonyl (C=O) groups excluding carboxylic acids is 1. The van der Waals surface area contributed by atoms with E-state index in [0.717, 1.165) is 49.2 Å². The van der Waals surface area contributed by atoms with Crippen molar-refractivity contribution in [2.75, 3.05) is 19.7 Å². The van der Waals surface area contributed by atoms with Gasteiger partial charge in [0.2, 0.25) is 17.6 Å². The Bertz CT molecular complexity index is 945. The Balaban J connectivity index is 1.25. The Morgan fingerprint density at radius 3 is 2.53 bits per heavy atom. The van der Waals surface area contributed by atoms with E-state index in [2.05, 4.69) is 10.1 Å². The minimum atomic E-state index is 0.182. The Labute approximate surface area is 176 Å². The molecular weight excluding hydrogens is 378 g/mol. The first-order valence-electron chi connectivity index (χ1n) is 10.6. The zero-order chi connectivity index (χ0) is 20.8. The van der Waals surface area contributed by atoms with E-state index < -0.39 is 0 Å².